The van der Waals surface area contributed by atoms with Crippen molar-refractivity contribution >= 4 is 5.97 Å². The number of para-hydroxylation sites is 1. The van der Waals surface area contributed by atoms with Crippen molar-refractivity contribution in [3.8, 4) is 5.75 Å². The van der Waals surface area contributed by atoms with Crippen LogP contribution in [0.4, 0.5) is 13.2 Å². The summed E-state index contributed by atoms with van der Waals surface area (Å²) in [5, 5.41) is 8.99. The fourth-order valence-electron chi connectivity index (χ4n) is 3.05. The smallest absolute Gasteiger partial charge is 0.393 e. The second-order valence-corrected chi connectivity index (χ2v) is 5.77. The molecule has 0 unspecified atom stereocenters. The van der Waals surface area contributed by atoms with Crippen molar-refractivity contribution in [3.05, 3.63) is 29.8 Å². The monoisotopic (exact) mass is 331 g/mol. The lowest BCUT2D eigenvalue weighted by molar-refractivity contribution is -0.188. The van der Waals surface area contributed by atoms with Crippen LogP contribution in [0.3, 0.4) is 0 Å². The van der Waals surface area contributed by atoms with E-state index in [0.29, 0.717) is 19.4 Å². The number of aliphatic carboxylic acids is 1. The first-order chi connectivity index (χ1) is 10.8. The van der Waals surface area contributed by atoms with E-state index in [2.05, 4.69) is 0 Å². The van der Waals surface area contributed by atoms with Crippen LogP contribution in [-0.4, -0.2) is 48.9 Å². The molecule has 0 radical (unpaired) electrons. The summed E-state index contributed by atoms with van der Waals surface area (Å²) in [7, 11) is 1.57. The van der Waals surface area contributed by atoms with Crippen LogP contribution >= 0.6 is 0 Å². The Hall–Kier alpha value is -1.76. The molecule has 4 nitrogen and oxygen atoms in total. The summed E-state index contributed by atoms with van der Waals surface area (Å²) in [6.07, 6.45) is -3.15. The van der Waals surface area contributed by atoms with E-state index in [1.54, 1.807) is 12.0 Å². The lowest BCUT2D eigenvalue weighted by Crippen LogP contribution is -2.33. The lowest BCUT2D eigenvalue weighted by Gasteiger charge is -2.18. The molecule has 1 aromatic rings. The number of aryl methyl sites for hydroxylation is 1. The van der Waals surface area contributed by atoms with Crippen LogP contribution in [0, 0.1) is 11.8 Å². The van der Waals surface area contributed by atoms with Crippen molar-refractivity contribution in [2.45, 2.75) is 19.0 Å². The van der Waals surface area contributed by atoms with E-state index < -0.39 is 24.0 Å². The number of carbonyl (C=O) groups is 1. The van der Waals surface area contributed by atoms with Gasteiger partial charge in [0.2, 0.25) is 0 Å². The summed E-state index contributed by atoms with van der Waals surface area (Å²) in [5.41, 5.74) is 0.997. The predicted octanol–water partition coefficient (Wildman–Crippen LogP) is 2.82. The molecular weight excluding hydrogens is 311 g/mol. The van der Waals surface area contributed by atoms with Crippen LogP contribution in [0.25, 0.3) is 0 Å². The summed E-state index contributed by atoms with van der Waals surface area (Å²) >= 11 is 0. The number of carboxylic acid groups (broad SMARTS) is 1. The molecule has 1 saturated heterocycles. The van der Waals surface area contributed by atoms with Crippen molar-refractivity contribution < 1.29 is 27.8 Å². The molecule has 1 fully saturated rings. The number of hydrogen-bond acceptors (Lipinski definition) is 3. The van der Waals surface area contributed by atoms with Crippen molar-refractivity contribution in [1.29, 1.82) is 0 Å². The van der Waals surface area contributed by atoms with Gasteiger partial charge in [0.25, 0.3) is 0 Å². The number of rotatable bonds is 6. The molecule has 0 aliphatic carbocycles. The highest BCUT2D eigenvalue weighted by atomic mass is 19.4. The number of nitrogens with zero attached hydrogens (tertiary/aromatic N) is 1. The summed E-state index contributed by atoms with van der Waals surface area (Å²) in [6, 6.07) is 7.49. The predicted molar refractivity (Wildman–Crippen MR) is 78.4 cm³/mol. The SMILES string of the molecule is COc1ccccc1CCCN1C[C@@H](C(F)(F)F)[C@H](C(=O)O)C1. The van der Waals surface area contributed by atoms with Gasteiger partial charge in [0.15, 0.2) is 0 Å². The third-order valence-electron chi connectivity index (χ3n) is 4.25. The molecule has 7 heteroatoms. The van der Waals surface area contributed by atoms with Crippen LogP contribution < -0.4 is 4.74 Å². The Kier molecular flexibility index (Phi) is 5.51. The molecule has 128 valence electrons. The zero-order chi connectivity index (χ0) is 17.0. The Morgan fingerprint density at radius 3 is 2.61 bits per heavy atom. The molecule has 0 aromatic heterocycles. The average Bonchev–Trinajstić information content (AvgIpc) is 2.92. The summed E-state index contributed by atoms with van der Waals surface area (Å²) in [4.78, 5) is 12.6. The minimum absolute atomic E-state index is 0.0502. The van der Waals surface area contributed by atoms with E-state index in [0.717, 1.165) is 11.3 Å². The molecule has 2 atom stereocenters. The first-order valence-electron chi connectivity index (χ1n) is 7.46. The van der Waals surface area contributed by atoms with E-state index in [1.807, 2.05) is 24.3 Å². The Morgan fingerprint density at radius 1 is 1.35 bits per heavy atom. The van der Waals surface area contributed by atoms with Gasteiger partial charge in [-0.3, -0.25) is 4.79 Å². The van der Waals surface area contributed by atoms with Gasteiger partial charge >= 0.3 is 12.1 Å². The summed E-state index contributed by atoms with van der Waals surface area (Å²) < 4.78 is 44.0. The van der Waals surface area contributed by atoms with Crippen LogP contribution in [-0.2, 0) is 11.2 Å². The van der Waals surface area contributed by atoms with Gasteiger partial charge in [-0.1, -0.05) is 18.2 Å². The van der Waals surface area contributed by atoms with E-state index >= 15 is 0 Å². The van der Waals surface area contributed by atoms with Crippen LogP contribution in [0.2, 0.25) is 0 Å². The van der Waals surface area contributed by atoms with Crippen LogP contribution in [0.1, 0.15) is 12.0 Å². The fourth-order valence-corrected chi connectivity index (χ4v) is 3.05. The maximum atomic E-state index is 12.9. The van der Waals surface area contributed by atoms with Gasteiger partial charge in [-0.15, -0.1) is 0 Å². The standard InChI is InChI=1S/C16H20F3NO3/c1-23-14-7-3-2-5-11(14)6-4-8-20-9-12(15(21)22)13(10-20)16(17,18)19/h2-3,5,7,12-13H,4,6,8-10H2,1H3,(H,21,22)/t12-,13-/m1/s1. The number of hydrogen-bond donors (Lipinski definition) is 1. The van der Waals surface area contributed by atoms with Gasteiger partial charge in [-0.2, -0.15) is 13.2 Å². The van der Waals surface area contributed by atoms with Gasteiger partial charge < -0.3 is 14.7 Å². The second kappa shape index (κ2) is 7.21. The van der Waals surface area contributed by atoms with Crippen molar-refractivity contribution in [2.24, 2.45) is 11.8 Å². The zero-order valence-corrected chi connectivity index (χ0v) is 12.8. The number of likely N-dealkylation sites (tertiary alicyclic amines) is 1. The Balaban J connectivity index is 1.90. The maximum Gasteiger partial charge on any atom is 0.393 e. The highest BCUT2D eigenvalue weighted by Crippen LogP contribution is 2.37. The third-order valence-corrected chi connectivity index (χ3v) is 4.25. The molecule has 0 spiro atoms. The van der Waals surface area contributed by atoms with Crippen LogP contribution in [0.15, 0.2) is 24.3 Å². The van der Waals surface area contributed by atoms with E-state index in [9.17, 15) is 18.0 Å². The number of halogens is 3. The highest BCUT2D eigenvalue weighted by molar-refractivity contribution is 5.71. The highest BCUT2D eigenvalue weighted by Gasteiger charge is 2.52. The Labute approximate surface area is 132 Å². The van der Waals surface area contributed by atoms with Crippen molar-refractivity contribution in [2.75, 3.05) is 26.7 Å². The van der Waals surface area contributed by atoms with Gasteiger partial charge in [0.1, 0.15) is 5.75 Å². The maximum absolute atomic E-state index is 12.9. The first-order valence-corrected chi connectivity index (χ1v) is 7.46. The number of alkyl halides is 3. The molecular formula is C16H20F3NO3. The van der Waals surface area contributed by atoms with Gasteiger partial charge in [0, 0.05) is 13.1 Å². The normalized spacial score (nSPS) is 22.3. The van der Waals surface area contributed by atoms with E-state index in [-0.39, 0.29) is 13.1 Å². The van der Waals surface area contributed by atoms with E-state index in [1.165, 1.54) is 0 Å². The molecule has 1 heterocycles. The molecule has 23 heavy (non-hydrogen) atoms. The van der Waals surface area contributed by atoms with Crippen molar-refractivity contribution in [3.63, 3.8) is 0 Å². The molecule has 0 bridgehead atoms. The molecule has 1 N–H and O–H groups in total. The fraction of sp³-hybridized carbons (Fsp3) is 0.562. The molecule has 0 saturated carbocycles. The minimum Gasteiger partial charge on any atom is -0.496 e. The number of ether oxygens (including phenoxy) is 1. The van der Waals surface area contributed by atoms with Crippen LogP contribution in [0.5, 0.6) is 5.75 Å². The molecule has 1 aliphatic heterocycles. The zero-order valence-electron chi connectivity index (χ0n) is 12.8. The number of carboxylic acids is 1. The summed E-state index contributed by atoms with van der Waals surface area (Å²) in [6.45, 7) is 0.145. The summed E-state index contributed by atoms with van der Waals surface area (Å²) in [5.74, 6) is -3.78. The minimum atomic E-state index is -4.47. The van der Waals surface area contributed by atoms with Gasteiger partial charge in [-0.25, -0.2) is 0 Å². The largest absolute Gasteiger partial charge is 0.496 e. The Morgan fingerprint density at radius 2 is 2.04 bits per heavy atom. The van der Waals surface area contributed by atoms with E-state index in [4.69, 9.17) is 9.84 Å². The topological polar surface area (TPSA) is 49.8 Å². The quantitative estimate of drug-likeness (QED) is 0.871. The first kappa shape index (κ1) is 17.6. The molecule has 1 aliphatic rings. The third kappa shape index (κ3) is 4.37. The van der Waals surface area contributed by atoms with Gasteiger partial charge in [0.05, 0.1) is 18.9 Å². The average molecular weight is 331 g/mol. The Bertz CT molecular complexity index is 548. The molecule has 0 amide bonds. The van der Waals surface area contributed by atoms with Gasteiger partial charge in [-0.05, 0) is 31.0 Å². The van der Waals surface area contributed by atoms with Crippen molar-refractivity contribution in [1.82, 2.24) is 4.90 Å². The number of methoxy groups -OCH3 is 1. The lowest BCUT2D eigenvalue weighted by atomic mass is 9.96. The number of benzene rings is 1. The molecule has 1 aromatic carbocycles. The molecule has 2 rings (SSSR count). The second-order valence-electron chi connectivity index (χ2n) is 5.77.